The van der Waals surface area contributed by atoms with Crippen molar-refractivity contribution in [1.29, 1.82) is 0 Å². The first-order valence-corrected chi connectivity index (χ1v) is 7.35. The highest BCUT2D eigenvalue weighted by molar-refractivity contribution is 7.12. The summed E-state index contributed by atoms with van der Waals surface area (Å²) in [6.45, 7) is 5.32. The Balaban J connectivity index is 2.32. The van der Waals surface area contributed by atoms with Gasteiger partial charge >= 0.3 is 5.97 Å². The lowest BCUT2D eigenvalue weighted by molar-refractivity contribution is -0.139. The highest BCUT2D eigenvalue weighted by Gasteiger charge is 2.07. The van der Waals surface area contributed by atoms with E-state index in [9.17, 15) is 4.79 Å². The third-order valence-electron chi connectivity index (χ3n) is 2.88. The van der Waals surface area contributed by atoms with Crippen LogP contribution in [0.4, 0.5) is 0 Å². The van der Waals surface area contributed by atoms with E-state index in [-0.39, 0.29) is 5.97 Å². The Morgan fingerprint density at radius 2 is 2.17 bits per heavy atom. The van der Waals surface area contributed by atoms with E-state index in [1.54, 1.807) is 11.3 Å². The summed E-state index contributed by atoms with van der Waals surface area (Å²) in [6.07, 6.45) is 4.12. The maximum absolute atomic E-state index is 11.1. The molecule has 1 heterocycles. The van der Waals surface area contributed by atoms with Gasteiger partial charge in [-0.1, -0.05) is 19.8 Å². The van der Waals surface area contributed by atoms with Crippen molar-refractivity contribution in [2.75, 3.05) is 7.11 Å². The van der Waals surface area contributed by atoms with Gasteiger partial charge in [0.1, 0.15) is 0 Å². The van der Waals surface area contributed by atoms with Gasteiger partial charge in [-0.05, 0) is 25.5 Å². The van der Waals surface area contributed by atoms with Crippen LogP contribution >= 0.6 is 11.3 Å². The number of carbonyl (C=O) groups is 1. The van der Waals surface area contributed by atoms with Crippen molar-refractivity contribution in [1.82, 2.24) is 5.32 Å². The number of hydrogen-bond donors (Lipinski definition) is 1. The second kappa shape index (κ2) is 8.27. The number of ether oxygens (including phenoxy) is 1. The molecule has 0 radical (unpaired) electrons. The predicted octanol–water partition coefficient (Wildman–Crippen LogP) is 3.13. The number of rotatable bonds is 8. The summed E-state index contributed by atoms with van der Waals surface area (Å²) >= 11 is 1.68. The average molecular weight is 269 g/mol. The molecule has 0 amide bonds. The Bertz CT molecular complexity index is 362. The van der Waals surface area contributed by atoms with Crippen molar-refractivity contribution in [3.8, 4) is 0 Å². The zero-order chi connectivity index (χ0) is 13.4. The van der Waals surface area contributed by atoms with Crippen LogP contribution in [-0.2, 0) is 22.5 Å². The maximum atomic E-state index is 11.1. The molecule has 1 atom stereocenters. The summed E-state index contributed by atoms with van der Waals surface area (Å²) in [5.74, 6) is -0.173. The number of unbranched alkanes of at least 4 members (excludes halogenated alkanes) is 1. The third-order valence-corrected chi connectivity index (χ3v) is 3.96. The summed E-state index contributed by atoms with van der Waals surface area (Å²) in [6, 6.07) is 4.65. The molecular formula is C14H23NO2S. The molecule has 1 N–H and O–H groups in total. The van der Waals surface area contributed by atoms with Gasteiger partial charge < -0.3 is 10.1 Å². The van der Waals surface area contributed by atoms with Crippen molar-refractivity contribution in [2.24, 2.45) is 0 Å². The molecule has 0 aliphatic rings. The normalized spacial score (nSPS) is 12.4. The van der Waals surface area contributed by atoms with E-state index < -0.39 is 0 Å². The molecule has 1 rings (SSSR count). The molecule has 1 unspecified atom stereocenters. The second-order valence-corrected chi connectivity index (χ2v) is 5.80. The number of thiophene rings is 1. The monoisotopic (exact) mass is 269 g/mol. The summed E-state index contributed by atoms with van der Waals surface area (Å²) in [4.78, 5) is 13.5. The average Bonchev–Trinajstić information content (AvgIpc) is 2.81. The van der Waals surface area contributed by atoms with Gasteiger partial charge in [-0.2, -0.15) is 0 Å². The molecule has 0 saturated carbocycles. The zero-order valence-corrected chi connectivity index (χ0v) is 12.3. The second-order valence-electron chi connectivity index (χ2n) is 4.55. The minimum atomic E-state index is -0.173. The first kappa shape index (κ1) is 15.2. The number of carbonyl (C=O) groups excluding carboxylic acids is 1. The molecule has 0 bridgehead atoms. The molecule has 3 nitrogen and oxygen atoms in total. The molecule has 0 aliphatic heterocycles. The number of esters is 1. The first-order chi connectivity index (χ1) is 8.65. The quantitative estimate of drug-likeness (QED) is 0.737. The van der Waals surface area contributed by atoms with Crippen molar-refractivity contribution in [3.05, 3.63) is 21.9 Å². The molecule has 0 spiro atoms. The van der Waals surface area contributed by atoms with Crippen LogP contribution in [0.1, 0.15) is 42.9 Å². The highest BCUT2D eigenvalue weighted by Crippen LogP contribution is 2.17. The van der Waals surface area contributed by atoms with Gasteiger partial charge in [0.15, 0.2) is 0 Å². The fraction of sp³-hybridized carbons (Fsp3) is 0.643. The smallest absolute Gasteiger partial charge is 0.310 e. The van der Waals surface area contributed by atoms with Crippen LogP contribution in [-0.4, -0.2) is 19.1 Å². The van der Waals surface area contributed by atoms with Crippen molar-refractivity contribution >= 4 is 17.3 Å². The molecule has 0 saturated heterocycles. The first-order valence-electron chi connectivity index (χ1n) is 6.53. The van der Waals surface area contributed by atoms with Crippen LogP contribution in [0.5, 0.6) is 0 Å². The van der Waals surface area contributed by atoms with E-state index in [2.05, 4.69) is 30.0 Å². The van der Waals surface area contributed by atoms with Gasteiger partial charge in [-0.25, -0.2) is 0 Å². The van der Waals surface area contributed by atoms with Crippen LogP contribution in [0.2, 0.25) is 0 Å². The van der Waals surface area contributed by atoms with Gasteiger partial charge in [0.2, 0.25) is 0 Å². The largest absolute Gasteiger partial charge is 0.469 e. The molecule has 1 aromatic rings. The summed E-state index contributed by atoms with van der Waals surface area (Å²) in [5.41, 5.74) is 0. The Morgan fingerprint density at radius 1 is 1.44 bits per heavy atom. The van der Waals surface area contributed by atoms with E-state index in [1.807, 2.05) is 6.07 Å². The van der Waals surface area contributed by atoms with Crippen LogP contribution < -0.4 is 5.32 Å². The third kappa shape index (κ3) is 5.65. The molecule has 0 aromatic carbocycles. The Kier molecular flexibility index (Phi) is 6.98. The Morgan fingerprint density at radius 3 is 2.83 bits per heavy atom. The summed E-state index contributed by atoms with van der Waals surface area (Å²) < 4.78 is 4.66. The van der Waals surface area contributed by atoms with E-state index in [0.29, 0.717) is 12.5 Å². The zero-order valence-electron chi connectivity index (χ0n) is 11.5. The van der Waals surface area contributed by atoms with E-state index in [1.165, 1.54) is 31.2 Å². The van der Waals surface area contributed by atoms with Crippen LogP contribution in [0.25, 0.3) is 0 Å². The van der Waals surface area contributed by atoms with Gasteiger partial charge in [0.25, 0.3) is 0 Å². The minimum Gasteiger partial charge on any atom is -0.469 e. The lowest BCUT2D eigenvalue weighted by Crippen LogP contribution is -2.24. The van der Waals surface area contributed by atoms with Crippen LogP contribution in [0, 0.1) is 0 Å². The molecule has 18 heavy (non-hydrogen) atoms. The highest BCUT2D eigenvalue weighted by atomic mass is 32.1. The van der Waals surface area contributed by atoms with Crippen molar-refractivity contribution in [2.45, 2.75) is 52.1 Å². The summed E-state index contributed by atoms with van der Waals surface area (Å²) in [7, 11) is 1.42. The van der Waals surface area contributed by atoms with Gasteiger partial charge in [-0.15, -0.1) is 11.3 Å². The van der Waals surface area contributed by atoms with E-state index in [4.69, 9.17) is 0 Å². The summed E-state index contributed by atoms with van der Waals surface area (Å²) in [5, 5.41) is 3.51. The molecule has 0 fully saturated rings. The number of methoxy groups -OCH3 is 1. The van der Waals surface area contributed by atoms with E-state index >= 15 is 0 Å². The number of nitrogens with one attached hydrogen (secondary N) is 1. The van der Waals surface area contributed by atoms with Crippen molar-refractivity contribution in [3.63, 3.8) is 0 Å². The lowest BCUT2D eigenvalue weighted by Gasteiger charge is -2.11. The molecular weight excluding hydrogens is 246 g/mol. The fourth-order valence-corrected chi connectivity index (χ4v) is 2.67. The molecule has 102 valence electrons. The SMILES string of the molecule is CCCCC(C)NCc1ccc(CC(=O)OC)s1. The van der Waals surface area contributed by atoms with Gasteiger partial charge in [0, 0.05) is 22.3 Å². The maximum Gasteiger partial charge on any atom is 0.310 e. The Hall–Kier alpha value is -0.870. The molecule has 4 heteroatoms. The van der Waals surface area contributed by atoms with E-state index in [0.717, 1.165) is 11.4 Å². The topological polar surface area (TPSA) is 38.3 Å². The van der Waals surface area contributed by atoms with Gasteiger partial charge in [0.05, 0.1) is 13.5 Å². The lowest BCUT2D eigenvalue weighted by atomic mass is 10.1. The van der Waals surface area contributed by atoms with Gasteiger partial charge in [-0.3, -0.25) is 4.79 Å². The van der Waals surface area contributed by atoms with Crippen LogP contribution in [0.3, 0.4) is 0 Å². The van der Waals surface area contributed by atoms with Crippen molar-refractivity contribution < 1.29 is 9.53 Å². The number of hydrogen-bond acceptors (Lipinski definition) is 4. The predicted molar refractivity (Wildman–Crippen MR) is 75.9 cm³/mol. The fourth-order valence-electron chi connectivity index (χ4n) is 1.71. The molecule has 0 aliphatic carbocycles. The molecule has 1 aromatic heterocycles. The van der Waals surface area contributed by atoms with Crippen LogP contribution in [0.15, 0.2) is 12.1 Å². The standard InChI is InChI=1S/C14H23NO2S/c1-4-5-6-11(2)15-10-13-8-7-12(18-13)9-14(16)17-3/h7-8,11,15H,4-6,9-10H2,1-3H3. The Labute approximate surface area is 114 Å². The minimum absolute atomic E-state index is 0.173.